The number of carbonyl (C=O) groups excluding carboxylic acids is 2. The number of halogens is 2. The number of benzene rings is 1. The molecule has 1 saturated heterocycles. The second kappa shape index (κ2) is 5.98. The van der Waals surface area contributed by atoms with Gasteiger partial charge in [-0.1, -0.05) is 6.07 Å². The molecular weight excluding hydrogens is 330 g/mol. The first kappa shape index (κ1) is 15.8. The summed E-state index contributed by atoms with van der Waals surface area (Å²) in [5, 5.41) is 2.70. The second-order valence-corrected chi connectivity index (χ2v) is 6.37. The van der Waals surface area contributed by atoms with Gasteiger partial charge in [0.1, 0.15) is 29.1 Å². The third kappa shape index (κ3) is 2.79. The van der Waals surface area contributed by atoms with Crippen molar-refractivity contribution in [2.45, 2.75) is 24.8 Å². The number of para-hydroxylation sites is 1. The van der Waals surface area contributed by atoms with Crippen molar-refractivity contribution in [3.05, 3.63) is 54.0 Å². The lowest BCUT2D eigenvalue weighted by atomic mass is 10.2. The van der Waals surface area contributed by atoms with E-state index in [0.29, 0.717) is 12.8 Å². The largest absolute Gasteiger partial charge is 0.469 e. The van der Waals surface area contributed by atoms with Crippen LogP contribution in [0.15, 0.2) is 41.0 Å². The molecule has 1 aliphatic heterocycles. The monoisotopic (exact) mass is 346 g/mol. The minimum atomic E-state index is -0.791. The highest BCUT2D eigenvalue weighted by molar-refractivity contribution is 6.02. The zero-order chi connectivity index (χ0) is 17.6. The van der Waals surface area contributed by atoms with E-state index >= 15 is 0 Å². The Kier molecular flexibility index (Phi) is 3.78. The van der Waals surface area contributed by atoms with E-state index in [0.717, 1.165) is 22.8 Å². The van der Waals surface area contributed by atoms with Crippen molar-refractivity contribution in [2.75, 3.05) is 11.4 Å². The molecule has 1 saturated carbocycles. The molecule has 2 heterocycles. The van der Waals surface area contributed by atoms with Crippen LogP contribution >= 0.6 is 0 Å². The summed E-state index contributed by atoms with van der Waals surface area (Å²) < 4.78 is 33.1. The number of anilines is 1. The molecule has 0 bridgehead atoms. The van der Waals surface area contributed by atoms with Gasteiger partial charge in [0.05, 0.1) is 6.26 Å². The summed E-state index contributed by atoms with van der Waals surface area (Å²) in [5.74, 6) is -1.73. The van der Waals surface area contributed by atoms with Gasteiger partial charge in [-0.05, 0) is 37.1 Å². The minimum Gasteiger partial charge on any atom is -0.469 e. The molecule has 5 nitrogen and oxygen atoms in total. The van der Waals surface area contributed by atoms with E-state index in [1.165, 1.54) is 6.07 Å². The van der Waals surface area contributed by atoms with Gasteiger partial charge in [-0.2, -0.15) is 0 Å². The van der Waals surface area contributed by atoms with Gasteiger partial charge in [-0.15, -0.1) is 0 Å². The highest BCUT2D eigenvalue weighted by atomic mass is 19.1. The molecule has 2 aliphatic rings. The van der Waals surface area contributed by atoms with Gasteiger partial charge in [-0.3, -0.25) is 9.59 Å². The van der Waals surface area contributed by atoms with Crippen molar-refractivity contribution < 1.29 is 22.8 Å². The van der Waals surface area contributed by atoms with Crippen LogP contribution in [0.2, 0.25) is 0 Å². The minimum absolute atomic E-state index is 0.0339. The molecule has 1 aromatic heterocycles. The van der Waals surface area contributed by atoms with Crippen LogP contribution in [0.4, 0.5) is 14.5 Å². The highest BCUT2D eigenvalue weighted by Crippen LogP contribution is 2.47. The normalized spacial score (nSPS) is 25.3. The molecule has 3 atom stereocenters. The Hall–Kier alpha value is -2.70. The molecule has 2 amide bonds. The lowest BCUT2D eigenvalue weighted by molar-refractivity contribution is -0.127. The molecule has 1 aliphatic carbocycles. The van der Waals surface area contributed by atoms with Crippen LogP contribution in [0.25, 0.3) is 0 Å². The Balaban J connectivity index is 1.42. The van der Waals surface area contributed by atoms with Gasteiger partial charge in [-0.25, -0.2) is 8.78 Å². The molecular formula is C18H16F2N2O3. The summed E-state index contributed by atoms with van der Waals surface area (Å²) >= 11 is 0. The number of amides is 2. The average molecular weight is 346 g/mol. The Labute approximate surface area is 142 Å². The first-order valence-electron chi connectivity index (χ1n) is 8.15. The van der Waals surface area contributed by atoms with E-state index in [9.17, 15) is 18.4 Å². The lowest BCUT2D eigenvalue weighted by Gasteiger charge is -2.18. The van der Waals surface area contributed by atoms with Gasteiger partial charge in [0.25, 0.3) is 0 Å². The molecule has 0 unspecified atom stereocenters. The zero-order valence-corrected chi connectivity index (χ0v) is 13.2. The number of carbonyl (C=O) groups is 2. The number of hydrogen-bond donors (Lipinski definition) is 1. The van der Waals surface area contributed by atoms with Crippen LogP contribution in [-0.2, 0) is 9.59 Å². The molecule has 4 rings (SSSR count). The summed E-state index contributed by atoms with van der Waals surface area (Å²) in [6.45, 7) is 0.161. The summed E-state index contributed by atoms with van der Waals surface area (Å²) in [5.41, 5.74) is -0.357. The maximum Gasteiger partial charge on any atom is 0.249 e. The Morgan fingerprint density at radius 1 is 1.20 bits per heavy atom. The Morgan fingerprint density at radius 3 is 2.64 bits per heavy atom. The average Bonchev–Trinajstić information content (AvgIpc) is 3.05. The SMILES string of the molecule is O=C(N[C@@H]1CCN(c2c(F)cccc2F)C1=O)[C@H]1C[C@H]1c1ccco1. The van der Waals surface area contributed by atoms with E-state index in [2.05, 4.69) is 5.32 Å². The number of hydrogen-bond acceptors (Lipinski definition) is 3. The van der Waals surface area contributed by atoms with Crippen molar-refractivity contribution in [1.82, 2.24) is 5.32 Å². The molecule has 25 heavy (non-hydrogen) atoms. The fourth-order valence-electron chi connectivity index (χ4n) is 3.36. The number of nitrogens with one attached hydrogen (secondary N) is 1. The maximum absolute atomic E-state index is 13.9. The molecule has 1 aromatic carbocycles. The van der Waals surface area contributed by atoms with Gasteiger partial charge in [0.15, 0.2) is 0 Å². The smallest absolute Gasteiger partial charge is 0.249 e. The molecule has 1 N–H and O–H groups in total. The van der Waals surface area contributed by atoms with E-state index in [-0.39, 0.29) is 30.0 Å². The van der Waals surface area contributed by atoms with Crippen LogP contribution in [0, 0.1) is 17.6 Å². The predicted octanol–water partition coefficient (Wildman–Crippen LogP) is 2.58. The number of nitrogens with zero attached hydrogens (tertiary/aromatic N) is 1. The van der Waals surface area contributed by atoms with Crippen molar-refractivity contribution in [3.8, 4) is 0 Å². The molecule has 0 radical (unpaired) electrons. The first-order chi connectivity index (χ1) is 12.1. The van der Waals surface area contributed by atoms with Crippen LogP contribution < -0.4 is 10.2 Å². The van der Waals surface area contributed by atoms with Gasteiger partial charge >= 0.3 is 0 Å². The molecule has 2 fully saturated rings. The van der Waals surface area contributed by atoms with Crippen molar-refractivity contribution in [3.63, 3.8) is 0 Å². The summed E-state index contributed by atoms with van der Waals surface area (Å²) in [7, 11) is 0. The maximum atomic E-state index is 13.9. The zero-order valence-electron chi connectivity index (χ0n) is 13.2. The Morgan fingerprint density at radius 2 is 1.96 bits per heavy atom. The van der Waals surface area contributed by atoms with E-state index in [1.807, 2.05) is 6.07 Å². The fourth-order valence-corrected chi connectivity index (χ4v) is 3.36. The summed E-state index contributed by atoms with van der Waals surface area (Å²) in [4.78, 5) is 25.8. The van der Waals surface area contributed by atoms with Gasteiger partial charge < -0.3 is 14.6 Å². The third-order valence-electron chi connectivity index (χ3n) is 4.77. The third-order valence-corrected chi connectivity index (χ3v) is 4.77. The number of furan rings is 1. The topological polar surface area (TPSA) is 62.6 Å². The lowest BCUT2D eigenvalue weighted by Crippen LogP contribution is -2.42. The van der Waals surface area contributed by atoms with Crippen LogP contribution in [0.3, 0.4) is 0 Å². The van der Waals surface area contributed by atoms with Crippen LogP contribution in [0.1, 0.15) is 24.5 Å². The second-order valence-electron chi connectivity index (χ2n) is 6.37. The molecule has 2 aromatic rings. The van der Waals surface area contributed by atoms with Gasteiger partial charge in [0.2, 0.25) is 11.8 Å². The van der Waals surface area contributed by atoms with E-state index in [4.69, 9.17) is 4.42 Å². The molecule has 130 valence electrons. The standard InChI is InChI=1S/C18H16F2N2O3/c19-12-3-1-4-13(20)16(12)22-7-6-14(18(22)24)21-17(23)11-9-10(11)15-5-2-8-25-15/h1-5,8,10-11,14H,6-7,9H2,(H,21,23)/t10-,11+,14-/m1/s1. The fraction of sp³-hybridized carbons (Fsp3) is 0.333. The van der Waals surface area contributed by atoms with E-state index < -0.39 is 23.6 Å². The number of rotatable bonds is 4. The Bertz CT molecular complexity index is 801. The summed E-state index contributed by atoms with van der Waals surface area (Å²) in [6.07, 6.45) is 2.55. The van der Waals surface area contributed by atoms with Crippen molar-refractivity contribution >= 4 is 17.5 Å². The quantitative estimate of drug-likeness (QED) is 0.926. The first-order valence-corrected chi connectivity index (χ1v) is 8.15. The summed E-state index contributed by atoms with van der Waals surface area (Å²) in [6, 6.07) is 6.29. The van der Waals surface area contributed by atoms with Crippen LogP contribution in [0.5, 0.6) is 0 Å². The van der Waals surface area contributed by atoms with E-state index in [1.54, 1.807) is 12.3 Å². The van der Waals surface area contributed by atoms with Gasteiger partial charge in [0, 0.05) is 18.4 Å². The highest BCUT2D eigenvalue weighted by Gasteiger charge is 2.47. The van der Waals surface area contributed by atoms with Crippen molar-refractivity contribution in [1.29, 1.82) is 0 Å². The predicted molar refractivity (Wildman–Crippen MR) is 84.8 cm³/mol. The molecule has 7 heteroatoms. The van der Waals surface area contributed by atoms with Crippen LogP contribution in [-0.4, -0.2) is 24.4 Å². The van der Waals surface area contributed by atoms with Crippen molar-refractivity contribution in [2.24, 2.45) is 5.92 Å². The molecule has 0 spiro atoms.